The van der Waals surface area contributed by atoms with Gasteiger partial charge in [0.05, 0.1) is 19.9 Å². The van der Waals surface area contributed by atoms with Gasteiger partial charge in [-0.05, 0) is 67.3 Å². The van der Waals surface area contributed by atoms with Gasteiger partial charge in [0.25, 0.3) is 5.91 Å². The molecular weight excluding hydrogens is 540 g/mol. The van der Waals surface area contributed by atoms with Crippen molar-refractivity contribution in [2.75, 3.05) is 57.2 Å². The highest BCUT2D eigenvalue weighted by Crippen LogP contribution is 2.35. The summed E-state index contributed by atoms with van der Waals surface area (Å²) in [5, 5.41) is 2.87. The molecule has 1 fully saturated rings. The number of carbonyl (C=O) groups excluding carboxylic acids is 1. The zero-order valence-corrected chi connectivity index (χ0v) is 24.7. The molecule has 1 atom stereocenters. The molecule has 0 radical (unpaired) electrons. The molecule has 0 aromatic heterocycles. The first kappa shape index (κ1) is 28.9. The molecule has 1 saturated heterocycles. The van der Waals surface area contributed by atoms with E-state index in [4.69, 9.17) is 9.47 Å². The first-order valence-corrected chi connectivity index (χ1v) is 15.6. The van der Waals surface area contributed by atoms with Crippen LogP contribution in [-0.4, -0.2) is 66.2 Å². The molecular formula is C31H38N4O5S. The van der Waals surface area contributed by atoms with Gasteiger partial charge in [-0.25, -0.2) is 13.1 Å². The zero-order valence-electron chi connectivity index (χ0n) is 23.9. The second-order valence-corrected chi connectivity index (χ2v) is 12.0. The normalized spacial score (nSPS) is 17.5. The Morgan fingerprint density at radius 1 is 0.951 bits per heavy atom. The number of sulfonamides is 1. The number of hydrogen-bond acceptors (Lipinski definition) is 7. The molecule has 1 unspecified atom stereocenters. The van der Waals surface area contributed by atoms with Crippen LogP contribution >= 0.6 is 0 Å². The summed E-state index contributed by atoms with van der Waals surface area (Å²) >= 11 is 0. The minimum atomic E-state index is -3.96. The summed E-state index contributed by atoms with van der Waals surface area (Å²) in [4.78, 5) is 18.0. The molecule has 1 amide bonds. The lowest BCUT2D eigenvalue weighted by molar-refractivity contribution is 0.102. The maximum absolute atomic E-state index is 14.1. The van der Waals surface area contributed by atoms with Gasteiger partial charge in [0, 0.05) is 37.9 Å². The molecule has 2 aliphatic rings. The number of benzene rings is 3. The van der Waals surface area contributed by atoms with Crippen molar-refractivity contribution in [1.82, 2.24) is 9.62 Å². The van der Waals surface area contributed by atoms with Gasteiger partial charge in [0.1, 0.15) is 22.0 Å². The molecule has 2 N–H and O–H groups in total. The minimum absolute atomic E-state index is 0.148. The quantitative estimate of drug-likeness (QED) is 0.387. The third kappa shape index (κ3) is 6.19. The number of aryl methyl sites for hydroxylation is 1. The fourth-order valence-corrected chi connectivity index (χ4v) is 7.27. The molecule has 41 heavy (non-hydrogen) atoms. The number of fused-ring (bicyclic) bond motifs is 1. The number of rotatable bonds is 9. The molecule has 5 rings (SSSR count). The SMILES string of the molecule is CCN1CCN(c2ccc(NC(=O)c3c(OC)cccc3OC)cc2S(=O)(=O)NC2CCCc3ccccc32)CC1. The summed E-state index contributed by atoms with van der Waals surface area (Å²) in [5.41, 5.74) is 3.43. The van der Waals surface area contributed by atoms with Crippen LogP contribution in [0.4, 0.5) is 11.4 Å². The van der Waals surface area contributed by atoms with Gasteiger partial charge in [-0.1, -0.05) is 37.3 Å². The number of likely N-dealkylation sites (N-methyl/N-ethyl adjacent to an activating group) is 1. The van der Waals surface area contributed by atoms with Gasteiger partial charge in [-0.2, -0.15) is 0 Å². The Morgan fingerprint density at radius 3 is 2.34 bits per heavy atom. The maximum atomic E-state index is 14.1. The summed E-state index contributed by atoms with van der Waals surface area (Å²) in [6.45, 7) is 6.22. The Labute approximate surface area is 242 Å². The Balaban J connectivity index is 1.50. The van der Waals surface area contributed by atoms with E-state index in [2.05, 4.69) is 32.8 Å². The number of anilines is 2. The summed E-state index contributed by atoms with van der Waals surface area (Å²) < 4.78 is 42.0. The van der Waals surface area contributed by atoms with E-state index in [1.807, 2.05) is 18.2 Å². The molecule has 3 aromatic carbocycles. The molecule has 1 aliphatic carbocycles. The number of nitrogens with zero attached hydrogens (tertiary/aromatic N) is 2. The average molecular weight is 579 g/mol. The molecule has 0 saturated carbocycles. The van der Waals surface area contributed by atoms with Crippen LogP contribution in [0.3, 0.4) is 0 Å². The molecule has 3 aromatic rings. The van der Waals surface area contributed by atoms with Crippen molar-refractivity contribution in [1.29, 1.82) is 0 Å². The fraction of sp³-hybridized carbons (Fsp3) is 0.387. The lowest BCUT2D eigenvalue weighted by Crippen LogP contribution is -2.46. The van der Waals surface area contributed by atoms with Crippen LogP contribution < -0.4 is 24.4 Å². The summed E-state index contributed by atoms with van der Waals surface area (Å²) in [5.74, 6) is 0.261. The average Bonchev–Trinajstić information content (AvgIpc) is 3.00. The minimum Gasteiger partial charge on any atom is -0.496 e. The van der Waals surface area contributed by atoms with Crippen molar-refractivity contribution in [3.63, 3.8) is 0 Å². The van der Waals surface area contributed by atoms with Crippen LogP contribution in [0, 0.1) is 0 Å². The number of amides is 1. The van der Waals surface area contributed by atoms with Gasteiger partial charge >= 0.3 is 0 Å². The van der Waals surface area contributed by atoms with E-state index in [1.165, 1.54) is 19.8 Å². The van der Waals surface area contributed by atoms with E-state index in [1.54, 1.807) is 36.4 Å². The monoisotopic (exact) mass is 578 g/mol. The standard InChI is InChI=1S/C31H38N4O5S/c1-4-34-17-19-35(20-18-34)26-16-15-23(32-31(36)30-27(39-2)13-8-14-28(30)40-3)21-29(26)41(37,38)33-25-12-7-10-22-9-5-6-11-24(22)25/h5-6,8-9,11,13-16,21,25,33H,4,7,10,12,17-20H2,1-3H3,(H,32,36). The van der Waals surface area contributed by atoms with Gasteiger partial charge in [-0.15, -0.1) is 0 Å². The summed E-state index contributed by atoms with van der Waals surface area (Å²) in [7, 11) is -0.987. The van der Waals surface area contributed by atoms with E-state index in [0.29, 0.717) is 36.0 Å². The predicted molar refractivity (Wildman–Crippen MR) is 161 cm³/mol. The van der Waals surface area contributed by atoms with Gasteiger partial charge in [0.15, 0.2) is 0 Å². The number of methoxy groups -OCH3 is 2. The summed E-state index contributed by atoms with van der Waals surface area (Å²) in [6, 6.07) is 17.9. The van der Waals surface area contributed by atoms with E-state index in [0.717, 1.165) is 44.5 Å². The largest absolute Gasteiger partial charge is 0.496 e. The fourth-order valence-electron chi connectivity index (χ4n) is 5.77. The van der Waals surface area contributed by atoms with E-state index >= 15 is 0 Å². The predicted octanol–water partition coefficient (Wildman–Crippen LogP) is 4.45. The smallest absolute Gasteiger partial charge is 0.263 e. The highest BCUT2D eigenvalue weighted by atomic mass is 32.2. The zero-order chi connectivity index (χ0) is 29.0. The van der Waals surface area contributed by atoms with Crippen LogP contribution in [0.5, 0.6) is 11.5 Å². The van der Waals surface area contributed by atoms with Gasteiger partial charge in [-0.3, -0.25) is 4.79 Å². The molecule has 1 aliphatic heterocycles. The maximum Gasteiger partial charge on any atom is 0.263 e. The van der Waals surface area contributed by atoms with Crippen molar-refractivity contribution in [2.24, 2.45) is 0 Å². The van der Waals surface area contributed by atoms with Gasteiger partial charge in [0.2, 0.25) is 10.0 Å². The van der Waals surface area contributed by atoms with E-state index < -0.39 is 15.9 Å². The topological polar surface area (TPSA) is 100 Å². The Kier molecular flexibility index (Phi) is 8.82. The molecule has 10 heteroatoms. The van der Waals surface area contributed by atoms with Gasteiger partial charge < -0.3 is 24.6 Å². The third-order valence-electron chi connectivity index (χ3n) is 7.99. The van der Waals surface area contributed by atoms with Crippen molar-refractivity contribution in [2.45, 2.75) is 37.1 Å². The Morgan fingerprint density at radius 2 is 1.66 bits per heavy atom. The first-order valence-electron chi connectivity index (χ1n) is 14.1. The van der Waals surface area contributed by atoms with Crippen LogP contribution in [0.2, 0.25) is 0 Å². The second-order valence-electron chi connectivity index (χ2n) is 10.4. The van der Waals surface area contributed by atoms with Crippen molar-refractivity contribution < 1.29 is 22.7 Å². The molecule has 1 heterocycles. The Hall–Kier alpha value is -3.60. The van der Waals surface area contributed by atoms with Crippen LogP contribution in [0.1, 0.15) is 47.3 Å². The Bertz CT molecular complexity index is 1480. The first-order chi connectivity index (χ1) is 19.8. The van der Waals surface area contributed by atoms with E-state index in [-0.39, 0.29) is 16.5 Å². The molecule has 218 valence electrons. The number of piperazine rings is 1. The highest BCUT2D eigenvalue weighted by molar-refractivity contribution is 7.89. The second kappa shape index (κ2) is 12.5. The lowest BCUT2D eigenvalue weighted by atomic mass is 9.88. The molecule has 9 nitrogen and oxygen atoms in total. The van der Waals surface area contributed by atoms with Crippen LogP contribution in [0.15, 0.2) is 65.6 Å². The molecule has 0 spiro atoms. The lowest BCUT2D eigenvalue weighted by Gasteiger charge is -2.36. The van der Waals surface area contributed by atoms with Crippen molar-refractivity contribution >= 4 is 27.3 Å². The third-order valence-corrected chi connectivity index (χ3v) is 9.49. The number of carbonyl (C=O) groups is 1. The van der Waals surface area contributed by atoms with E-state index in [9.17, 15) is 13.2 Å². The number of hydrogen-bond donors (Lipinski definition) is 2. The number of ether oxygens (including phenoxy) is 2. The van der Waals surface area contributed by atoms with Crippen molar-refractivity contribution in [3.05, 3.63) is 77.4 Å². The highest BCUT2D eigenvalue weighted by Gasteiger charge is 2.30. The molecule has 0 bridgehead atoms. The van der Waals surface area contributed by atoms with Crippen LogP contribution in [0.25, 0.3) is 0 Å². The van der Waals surface area contributed by atoms with Crippen LogP contribution in [-0.2, 0) is 16.4 Å². The van der Waals surface area contributed by atoms with Crippen molar-refractivity contribution in [3.8, 4) is 11.5 Å². The summed E-state index contributed by atoms with van der Waals surface area (Å²) in [6.07, 6.45) is 2.58. The number of nitrogens with one attached hydrogen (secondary N) is 2.